The number of benzene rings is 1. The van der Waals surface area contributed by atoms with E-state index in [1.54, 1.807) is 4.90 Å². The maximum Gasteiger partial charge on any atom is 0.292 e. The topological polar surface area (TPSA) is 66.3 Å². The van der Waals surface area contributed by atoms with Gasteiger partial charge in [0.15, 0.2) is 0 Å². The Labute approximate surface area is 134 Å². The van der Waals surface area contributed by atoms with Gasteiger partial charge in [-0.15, -0.1) is 0 Å². The number of carbonyl (C=O) groups excluding carboxylic acids is 1. The van der Waals surface area contributed by atoms with Crippen LogP contribution in [0.4, 0.5) is 0 Å². The van der Waals surface area contributed by atoms with Gasteiger partial charge in [0.25, 0.3) is 5.91 Å². The first-order chi connectivity index (χ1) is 11.1. The lowest BCUT2D eigenvalue weighted by Gasteiger charge is -2.24. The molecule has 1 aliphatic carbocycles. The van der Waals surface area contributed by atoms with E-state index in [2.05, 4.69) is 9.97 Å². The highest BCUT2D eigenvalue weighted by Crippen LogP contribution is 2.27. The molecule has 1 aromatic rings. The highest BCUT2D eigenvalue weighted by molar-refractivity contribution is 5.98. The summed E-state index contributed by atoms with van der Waals surface area (Å²) in [4.78, 5) is 23.1. The maximum atomic E-state index is 12.6. The van der Waals surface area contributed by atoms with Crippen LogP contribution in [0, 0.1) is 0 Å². The van der Waals surface area contributed by atoms with Crippen LogP contribution in [0.3, 0.4) is 0 Å². The first kappa shape index (κ1) is 15.4. The summed E-state index contributed by atoms with van der Waals surface area (Å²) in [6, 6.07) is 13.7. The lowest BCUT2D eigenvalue weighted by Crippen LogP contribution is -2.39. The molecular formula is C18H19N3O2. The van der Waals surface area contributed by atoms with Crippen molar-refractivity contribution in [2.75, 3.05) is 13.2 Å². The van der Waals surface area contributed by atoms with Crippen molar-refractivity contribution >= 4 is 16.7 Å². The summed E-state index contributed by atoms with van der Waals surface area (Å²) in [5, 5.41) is 11.2. The summed E-state index contributed by atoms with van der Waals surface area (Å²) in [5.74, 6) is -0.0736. The first-order valence-corrected chi connectivity index (χ1v) is 7.69. The van der Waals surface area contributed by atoms with Crippen molar-refractivity contribution in [3.63, 3.8) is 0 Å². The maximum absolute atomic E-state index is 12.6. The quantitative estimate of drug-likeness (QED) is 0.804. The molecule has 0 radical (unpaired) electrons. The van der Waals surface area contributed by atoms with Gasteiger partial charge in [-0.1, -0.05) is 36.4 Å². The second kappa shape index (κ2) is 6.30. The molecule has 1 aliphatic heterocycles. The Morgan fingerprint density at radius 2 is 1.87 bits per heavy atom. The predicted molar refractivity (Wildman–Crippen MR) is 89.4 cm³/mol. The summed E-state index contributed by atoms with van der Waals surface area (Å²) in [5.41, 5.74) is 1.42. The van der Waals surface area contributed by atoms with E-state index in [-0.39, 0.29) is 30.9 Å². The zero-order valence-corrected chi connectivity index (χ0v) is 13.2. The van der Waals surface area contributed by atoms with Crippen LogP contribution in [-0.4, -0.2) is 45.1 Å². The Bertz CT molecular complexity index is 816. The number of fused-ring (bicyclic) bond motifs is 3. The molecule has 0 saturated heterocycles. The molecular weight excluding hydrogens is 290 g/mol. The zero-order chi connectivity index (χ0) is 16.4. The first-order valence-electron chi connectivity index (χ1n) is 7.69. The molecule has 0 fully saturated rings. The van der Waals surface area contributed by atoms with Gasteiger partial charge in [-0.25, -0.2) is 9.97 Å². The van der Waals surface area contributed by atoms with Crippen LogP contribution in [0.15, 0.2) is 42.5 Å². The third kappa shape index (κ3) is 2.87. The van der Waals surface area contributed by atoms with E-state index in [1.807, 2.05) is 56.3 Å². The third-order valence-corrected chi connectivity index (χ3v) is 3.85. The Balaban J connectivity index is 2.11. The van der Waals surface area contributed by atoms with Gasteiger partial charge in [0.2, 0.25) is 5.82 Å². The second-order valence-corrected chi connectivity index (χ2v) is 5.71. The minimum Gasteiger partial charge on any atom is -0.395 e. The van der Waals surface area contributed by atoms with Crippen LogP contribution in [0.5, 0.6) is 0 Å². The Morgan fingerprint density at radius 3 is 2.61 bits per heavy atom. The van der Waals surface area contributed by atoms with Gasteiger partial charge >= 0.3 is 0 Å². The van der Waals surface area contributed by atoms with Crippen molar-refractivity contribution in [3.8, 4) is 11.4 Å². The highest BCUT2D eigenvalue weighted by Gasteiger charge is 2.24. The molecule has 0 bridgehead atoms. The Morgan fingerprint density at radius 1 is 1.13 bits per heavy atom. The zero-order valence-electron chi connectivity index (χ0n) is 13.2. The third-order valence-electron chi connectivity index (χ3n) is 3.85. The fourth-order valence-corrected chi connectivity index (χ4v) is 2.70. The molecule has 5 nitrogen and oxygen atoms in total. The fraction of sp³-hybridized carbons (Fsp3) is 0.278. The minimum absolute atomic E-state index is 0.0240. The van der Waals surface area contributed by atoms with Crippen molar-refractivity contribution in [2.24, 2.45) is 0 Å². The summed E-state index contributed by atoms with van der Waals surface area (Å²) in [6.07, 6.45) is 0. The van der Waals surface area contributed by atoms with Crippen LogP contribution in [0.1, 0.15) is 24.5 Å². The molecule has 1 heterocycles. The van der Waals surface area contributed by atoms with Gasteiger partial charge in [-0.2, -0.15) is 0 Å². The monoisotopic (exact) mass is 309 g/mol. The summed E-state index contributed by atoms with van der Waals surface area (Å²) < 4.78 is 0. The van der Waals surface area contributed by atoms with E-state index in [0.717, 1.165) is 16.5 Å². The van der Waals surface area contributed by atoms with Gasteiger partial charge in [0.1, 0.15) is 0 Å². The number of aromatic nitrogens is 2. The predicted octanol–water partition coefficient (Wildman–Crippen LogP) is 2.58. The standard InChI is InChI=1S/C18H19N3O2/c1-12(2)21(10-11-22)18(23)17-19-15-9-5-7-13-6-3-4-8-14(13)16(15)20-17/h3-9,12,22H,10-11H2,1-2H3. The van der Waals surface area contributed by atoms with Crippen LogP contribution in [0.2, 0.25) is 0 Å². The molecule has 23 heavy (non-hydrogen) atoms. The van der Waals surface area contributed by atoms with Crippen molar-refractivity contribution in [3.05, 3.63) is 48.3 Å². The van der Waals surface area contributed by atoms with Gasteiger partial charge in [-0.05, 0) is 25.3 Å². The van der Waals surface area contributed by atoms with Crippen molar-refractivity contribution in [1.82, 2.24) is 14.9 Å². The number of aliphatic hydroxyl groups excluding tert-OH is 1. The molecule has 1 N–H and O–H groups in total. The van der Waals surface area contributed by atoms with Crippen LogP contribution in [-0.2, 0) is 0 Å². The number of hydrogen-bond acceptors (Lipinski definition) is 4. The summed E-state index contributed by atoms with van der Waals surface area (Å²) in [6.45, 7) is 4.01. The second-order valence-electron chi connectivity index (χ2n) is 5.71. The number of rotatable bonds is 4. The van der Waals surface area contributed by atoms with Gasteiger partial charge in [0.05, 0.1) is 18.0 Å². The SMILES string of the molecule is CC(C)N(CCO)C(=O)c1nc2cccc3ccccc3c-2n1. The number of nitrogens with zero attached hydrogens (tertiary/aromatic N) is 3. The van der Waals surface area contributed by atoms with Crippen LogP contribution >= 0.6 is 0 Å². The van der Waals surface area contributed by atoms with E-state index in [1.165, 1.54) is 0 Å². The van der Waals surface area contributed by atoms with Crippen LogP contribution in [0.25, 0.3) is 22.2 Å². The molecule has 2 aliphatic rings. The summed E-state index contributed by atoms with van der Waals surface area (Å²) >= 11 is 0. The van der Waals surface area contributed by atoms with Crippen molar-refractivity contribution < 1.29 is 9.90 Å². The van der Waals surface area contributed by atoms with Gasteiger partial charge < -0.3 is 10.0 Å². The highest BCUT2D eigenvalue weighted by atomic mass is 16.3. The van der Waals surface area contributed by atoms with Crippen molar-refractivity contribution in [1.29, 1.82) is 0 Å². The van der Waals surface area contributed by atoms with Crippen LogP contribution < -0.4 is 0 Å². The lowest BCUT2D eigenvalue weighted by molar-refractivity contribution is 0.0654. The van der Waals surface area contributed by atoms with Crippen molar-refractivity contribution in [2.45, 2.75) is 19.9 Å². The normalized spacial score (nSPS) is 11.3. The van der Waals surface area contributed by atoms with E-state index in [4.69, 9.17) is 5.11 Å². The molecule has 0 unspecified atom stereocenters. The fourth-order valence-electron chi connectivity index (χ4n) is 2.70. The number of hydrogen-bond donors (Lipinski definition) is 1. The smallest absolute Gasteiger partial charge is 0.292 e. The number of aliphatic hydroxyl groups is 1. The molecule has 0 atom stereocenters. The molecule has 0 spiro atoms. The molecule has 0 saturated carbocycles. The molecule has 5 heteroatoms. The average molecular weight is 309 g/mol. The molecule has 3 rings (SSSR count). The van der Waals surface area contributed by atoms with E-state index in [0.29, 0.717) is 5.69 Å². The minimum atomic E-state index is -0.253. The Kier molecular flexibility index (Phi) is 4.21. The molecule has 1 amide bonds. The largest absolute Gasteiger partial charge is 0.395 e. The number of imidazole rings is 1. The van der Waals surface area contributed by atoms with E-state index >= 15 is 0 Å². The van der Waals surface area contributed by atoms with Gasteiger partial charge in [-0.3, -0.25) is 4.79 Å². The lowest BCUT2D eigenvalue weighted by atomic mass is 10.1. The van der Waals surface area contributed by atoms with Gasteiger partial charge in [0, 0.05) is 18.0 Å². The molecule has 0 aromatic heterocycles. The molecule has 1 aromatic carbocycles. The number of amides is 1. The summed E-state index contributed by atoms with van der Waals surface area (Å²) in [7, 11) is 0. The Hall–Kier alpha value is -2.53. The van der Waals surface area contributed by atoms with E-state index < -0.39 is 0 Å². The average Bonchev–Trinajstić information content (AvgIpc) is 2.89. The van der Waals surface area contributed by atoms with E-state index in [9.17, 15) is 4.79 Å². The molecule has 118 valence electrons. The number of carbonyl (C=O) groups is 1.